The molecule has 0 spiro atoms. The predicted molar refractivity (Wildman–Crippen MR) is 86.3 cm³/mol. The number of hydrogen-bond acceptors (Lipinski definition) is 4. The van der Waals surface area contributed by atoms with Crippen molar-refractivity contribution in [3.63, 3.8) is 0 Å². The monoisotopic (exact) mass is 354 g/mol. The molecule has 0 aliphatic heterocycles. The van der Waals surface area contributed by atoms with Gasteiger partial charge in [-0.2, -0.15) is 0 Å². The lowest BCUT2D eigenvalue weighted by Gasteiger charge is -2.11. The first-order valence-electron chi connectivity index (χ1n) is 6.78. The maximum absolute atomic E-state index is 13.5. The Labute approximate surface area is 141 Å². The summed E-state index contributed by atoms with van der Waals surface area (Å²) in [5, 5.41) is 5.03. The zero-order valence-corrected chi connectivity index (χ0v) is 13.3. The third-order valence-corrected chi connectivity index (χ3v) is 3.38. The summed E-state index contributed by atoms with van der Waals surface area (Å²) in [4.78, 5) is 23.4. The minimum Gasteiger partial charge on any atom is -0.465 e. The lowest BCUT2D eigenvalue weighted by Crippen LogP contribution is -2.23. The average Bonchev–Trinajstić information content (AvgIpc) is 2.55. The molecule has 126 valence electrons. The molecule has 2 rings (SSSR count). The van der Waals surface area contributed by atoms with Crippen molar-refractivity contribution >= 4 is 34.9 Å². The second-order valence-corrected chi connectivity index (χ2v) is 5.09. The Kier molecular flexibility index (Phi) is 5.70. The number of anilines is 2. The fourth-order valence-electron chi connectivity index (χ4n) is 1.90. The normalized spacial score (nSPS) is 10.2. The van der Waals surface area contributed by atoms with Gasteiger partial charge in [-0.25, -0.2) is 13.6 Å². The standard InChI is InChI=1S/C16H13ClF2N2O3/c1-24-16(23)9-5-6-10(17)13(7-9)21-14(22)8-20-15-11(18)3-2-4-12(15)19/h2-7,20H,8H2,1H3,(H,21,22). The summed E-state index contributed by atoms with van der Waals surface area (Å²) in [5.74, 6) is -2.81. The van der Waals surface area contributed by atoms with Crippen LogP contribution in [0.15, 0.2) is 36.4 Å². The van der Waals surface area contributed by atoms with E-state index in [4.69, 9.17) is 11.6 Å². The SMILES string of the molecule is COC(=O)c1ccc(Cl)c(NC(=O)CNc2c(F)cccc2F)c1. The Morgan fingerprint density at radius 3 is 2.46 bits per heavy atom. The highest BCUT2D eigenvalue weighted by molar-refractivity contribution is 6.33. The van der Waals surface area contributed by atoms with Crippen molar-refractivity contribution in [1.29, 1.82) is 0 Å². The number of hydrogen-bond donors (Lipinski definition) is 2. The highest BCUT2D eigenvalue weighted by Crippen LogP contribution is 2.23. The van der Waals surface area contributed by atoms with Crippen LogP contribution in [0.5, 0.6) is 0 Å². The molecule has 8 heteroatoms. The average molecular weight is 355 g/mol. The van der Waals surface area contributed by atoms with Crippen LogP contribution in [-0.2, 0) is 9.53 Å². The van der Waals surface area contributed by atoms with Crippen LogP contribution < -0.4 is 10.6 Å². The summed E-state index contributed by atoms with van der Waals surface area (Å²) >= 11 is 5.95. The van der Waals surface area contributed by atoms with E-state index in [0.29, 0.717) is 0 Å². The van der Waals surface area contributed by atoms with E-state index in [9.17, 15) is 18.4 Å². The molecule has 24 heavy (non-hydrogen) atoms. The van der Waals surface area contributed by atoms with E-state index in [1.165, 1.54) is 31.4 Å². The van der Waals surface area contributed by atoms with Crippen molar-refractivity contribution in [3.8, 4) is 0 Å². The number of rotatable bonds is 5. The smallest absolute Gasteiger partial charge is 0.337 e. The number of benzene rings is 2. The van der Waals surface area contributed by atoms with E-state index in [-0.39, 0.29) is 16.3 Å². The van der Waals surface area contributed by atoms with Crippen LogP contribution in [0.25, 0.3) is 0 Å². The van der Waals surface area contributed by atoms with Crippen LogP contribution in [0, 0.1) is 11.6 Å². The van der Waals surface area contributed by atoms with Crippen molar-refractivity contribution in [2.45, 2.75) is 0 Å². The number of carbonyl (C=O) groups excluding carboxylic acids is 2. The summed E-state index contributed by atoms with van der Waals surface area (Å²) in [6.45, 7) is -0.392. The van der Waals surface area contributed by atoms with E-state index in [2.05, 4.69) is 15.4 Å². The van der Waals surface area contributed by atoms with Crippen LogP contribution in [0.2, 0.25) is 5.02 Å². The molecule has 0 atom stereocenters. The molecule has 2 aromatic carbocycles. The van der Waals surface area contributed by atoms with Crippen molar-refractivity contribution in [3.05, 3.63) is 58.6 Å². The van der Waals surface area contributed by atoms with Gasteiger partial charge in [0.25, 0.3) is 0 Å². The first-order valence-corrected chi connectivity index (χ1v) is 7.15. The predicted octanol–water partition coefficient (Wildman–Crippen LogP) is 3.46. The van der Waals surface area contributed by atoms with Gasteiger partial charge in [0, 0.05) is 0 Å². The van der Waals surface area contributed by atoms with E-state index in [0.717, 1.165) is 12.1 Å². The largest absolute Gasteiger partial charge is 0.465 e. The molecule has 2 aromatic rings. The Bertz CT molecular complexity index is 764. The Morgan fingerprint density at radius 1 is 1.17 bits per heavy atom. The summed E-state index contributed by atoms with van der Waals surface area (Å²) < 4.78 is 31.5. The Hall–Kier alpha value is -2.67. The van der Waals surface area contributed by atoms with Gasteiger partial charge in [0.2, 0.25) is 5.91 Å². The fraction of sp³-hybridized carbons (Fsp3) is 0.125. The number of carbonyl (C=O) groups is 2. The highest BCUT2D eigenvalue weighted by atomic mass is 35.5. The number of halogens is 3. The molecule has 0 saturated carbocycles. The first-order chi connectivity index (χ1) is 11.4. The summed E-state index contributed by atoms with van der Waals surface area (Å²) in [7, 11) is 1.22. The molecule has 0 bridgehead atoms. The number of ether oxygens (including phenoxy) is 1. The van der Waals surface area contributed by atoms with Gasteiger partial charge in [0.05, 0.1) is 29.9 Å². The van der Waals surface area contributed by atoms with Gasteiger partial charge < -0.3 is 15.4 Å². The molecule has 0 saturated heterocycles. The third-order valence-electron chi connectivity index (χ3n) is 3.05. The molecule has 2 N–H and O–H groups in total. The van der Waals surface area contributed by atoms with Crippen LogP contribution in [0.3, 0.4) is 0 Å². The molecule has 1 amide bonds. The maximum atomic E-state index is 13.5. The molecule has 0 aliphatic carbocycles. The maximum Gasteiger partial charge on any atom is 0.337 e. The Balaban J connectivity index is 2.06. The number of esters is 1. The van der Waals surface area contributed by atoms with Crippen molar-refractivity contribution in [1.82, 2.24) is 0 Å². The molecular formula is C16H13ClF2N2O3. The zero-order valence-electron chi connectivity index (χ0n) is 12.5. The van der Waals surface area contributed by atoms with Gasteiger partial charge in [0.1, 0.15) is 17.3 Å². The molecule has 0 radical (unpaired) electrons. The second kappa shape index (κ2) is 7.74. The van der Waals surface area contributed by atoms with Gasteiger partial charge in [-0.1, -0.05) is 17.7 Å². The topological polar surface area (TPSA) is 67.4 Å². The number of amides is 1. The van der Waals surface area contributed by atoms with E-state index >= 15 is 0 Å². The Morgan fingerprint density at radius 2 is 1.83 bits per heavy atom. The van der Waals surface area contributed by atoms with Gasteiger partial charge in [-0.15, -0.1) is 0 Å². The second-order valence-electron chi connectivity index (χ2n) is 4.68. The minimum atomic E-state index is -0.812. The molecule has 0 aromatic heterocycles. The zero-order chi connectivity index (χ0) is 17.7. The van der Waals surface area contributed by atoms with Gasteiger partial charge in [0.15, 0.2) is 0 Å². The third kappa shape index (κ3) is 4.20. The molecule has 5 nitrogen and oxygen atoms in total. The lowest BCUT2D eigenvalue weighted by atomic mass is 10.2. The van der Waals surface area contributed by atoms with Crippen molar-refractivity contribution in [2.24, 2.45) is 0 Å². The van der Waals surface area contributed by atoms with Gasteiger partial charge in [-0.05, 0) is 30.3 Å². The highest BCUT2D eigenvalue weighted by Gasteiger charge is 2.13. The van der Waals surface area contributed by atoms with Crippen molar-refractivity contribution < 1.29 is 23.1 Å². The number of methoxy groups -OCH3 is 1. The van der Waals surface area contributed by atoms with Crippen LogP contribution in [0.1, 0.15) is 10.4 Å². The number of nitrogens with one attached hydrogen (secondary N) is 2. The van der Waals surface area contributed by atoms with Crippen LogP contribution >= 0.6 is 11.6 Å². The van der Waals surface area contributed by atoms with E-state index in [1.54, 1.807) is 0 Å². The summed E-state index contributed by atoms with van der Waals surface area (Å²) in [5.41, 5.74) is -0.0206. The number of para-hydroxylation sites is 1. The van der Waals surface area contributed by atoms with Crippen molar-refractivity contribution in [2.75, 3.05) is 24.3 Å². The van der Waals surface area contributed by atoms with E-state index < -0.39 is 35.7 Å². The minimum absolute atomic E-state index is 0.181. The summed E-state index contributed by atoms with van der Waals surface area (Å²) in [6.07, 6.45) is 0. The molecular weight excluding hydrogens is 342 g/mol. The van der Waals surface area contributed by atoms with Crippen LogP contribution in [0.4, 0.5) is 20.2 Å². The van der Waals surface area contributed by atoms with Gasteiger partial charge >= 0.3 is 5.97 Å². The molecule has 0 aliphatic rings. The first kappa shape index (κ1) is 17.7. The molecule has 0 unspecified atom stereocenters. The fourth-order valence-corrected chi connectivity index (χ4v) is 2.06. The summed E-state index contributed by atoms with van der Waals surface area (Å²) in [6, 6.07) is 7.56. The molecule has 0 heterocycles. The van der Waals surface area contributed by atoms with Gasteiger partial charge in [-0.3, -0.25) is 4.79 Å². The quantitative estimate of drug-likeness (QED) is 0.807. The van der Waals surface area contributed by atoms with Crippen LogP contribution in [-0.4, -0.2) is 25.5 Å². The molecule has 0 fully saturated rings. The van der Waals surface area contributed by atoms with E-state index in [1.807, 2.05) is 0 Å². The lowest BCUT2D eigenvalue weighted by molar-refractivity contribution is -0.114.